The zero-order valence-corrected chi connectivity index (χ0v) is 11.5. The number of hydrogen-bond acceptors (Lipinski definition) is 3. The smallest absolute Gasteiger partial charge is 0.220 e. The van der Waals surface area contributed by atoms with Gasteiger partial charge in [-0.2, -0.15) is 0 Å². The van der Waals surface area contributed by atoms with Crippen molar-refractivity contribution in [3.63, 3.8) is 0 Å². The van der Waals surface area contributed by atoms with Crippen molar-refractivity contribution in [3.8, 4) is 0 Å². The molecule has 4 aliphatic carbocycles. The number of aliphatic hydroxyl groups is 2. The number of aliphatic hydroxyl groups excluding tert-OH is 2. The molecule has 0 saturated heterocycles. The fraction of sp³-hybridized carbons (Fsp3) is 0.933. The summed E-state index contributed by atoms with van der Waals surface area (Å²) in [5, 5.41) is 20.8. The molecule has 0 heterocycles. The van der Waals surface area contributed by atoms with Gasteiger partial charge in [-0.3, -0.25) is 4.79 Å². The van der Waals surface area contributed by atoms with E-state index >= 15 is 0 Å². The van der Waals surface area contributed by atoms with Crippen molar-refractivity contribution < 1.29 is 15.0 Å². The Bertz CT molecular complexity index is 320. The van der Waals surface area contributed by atoms with E-state index in [-0.39, 0.29) is 24.5 Å². The normalized spacial score (nSPS) is 41.3. The van der Waals surface area contributed by atoms with Gasteiger partial charge in [-0.25, -0.2) is 0 Å². The quantitative estimate of drug-likeness (QED) is 0.697. The van der Waals surface area contributed by atoms with Gasteiger partial charge in [0.2, 0.25) is 5.91 Å². The van der Waals surface area contributed by atoms with Gasteiger partial charge in [0.05, 0.1) is 12.7 Å². The van der Waals surface area contributed by atoms with Crippen LogP contribution in [0.25, 0.3) is 0 Å². The molecule has 4 bridgehead atoms. The molecule has 0 aromatic rings. The van der Waals surface area contributed by atoms with Gasteiger partial charge in [-0.05, 0) is 61.7 Å². The van der Waals surface area contributed by atoms with Gasteiger partial charge in [0, 0.05) is 13.0 Å². The van der Waals surface area contributed by atoms with Gasteiger partial charge in [-0.1, -0.05) is 0 Å². The molecule has 4 saturated carbocycles. The molecule has 0 aliphatic heterocycles. The van der Waals surface area contributed by atoms with Crippen LogP contribution in [0.5, 0.6) is 0 Å². The van der Waals surface area contributed by atoms with Crippen LogP contribution < -0.4 is 5.32 Å². The first-order valence-corrected chi connectivity index (χ1v) is 7.64. The number of carbonyl (C=O) groups excluding carboxylic acids is 1. The molecule has 1 amide bonds. The third-order valence-corrected chi connectivity index (χ3v) is 5.45. The lowest BCUT2D eigenvalue weighted by atomic mass is 9.49. The third-order valence-electron chi connectivity index (χ3n) is 5.45. The highest BCUT2D eigenvalue weighted by atomic mass is 16.3. The van der Waals surface area contributed by atoms with Crippen molar-refractivity contribution in [1.82, 2.24) is 5.32 Å². The average Bonchev–Trinajstić information content (AvgIpc) is 2.33. The van der Waals surface area contributed by atoms with Gasteiger partial charge in [-0.15, -0.1) is 0 Å². The summed E-state index contributed by atoms with van der Waals surface area (Å²) in [6.07, 6.45) is 7.66. The molecule has 3 N–H and O–H groups in total. The zero-order chi connectivity index (χ0) is 13.5. The van der Waals surface area contributed by atoms with Gasteiger partial charge < -0.3 is 15.5 Å². The fourth-order valence-corrected chi connectivity index (χ4v) is 5.21. The van der Waals surface area contributed by atoms with Crippen LogP contribution in [0, 0.1) is 23.2 Å². The van der Waals surface area contributed by atoms with Crippen LogP contribution in [-0.4, -0.2) is 35.4 Å². The van der Waals surface area contributed by atoms with Crippen molar-refractivity contribution in [3.05, 3.63) is 0 Å². The lowest BCUT2D eigenvalue weighted by Gasteiger charge is -2.56. The summed E-state index contributed by atoms with van der Waals surface area (Å²) >= 11 is 0. The second kappa shape index (κ2) is 5.06. The van der Waals surface area contributed by atoms with E-state index in [2.05, 4.69) is 5.32 Å². The van der Waals surface area contributed by atoms with E-state index < -0.39 is 6.10 Å². The lowest BCUT2D eigenvalue weighted by Crippen LogP contribution is -2.48. The minimum absolute atomic E-state index is 0.0504. The molecule has 4 fully saturated rings. The van der Waals surface area contributed by atoms with Crippen LogP contribution in [0.4, 0.5) is 0 Å². The van der Waals surface area contributed by atoms with Crippen LogP contribution in [-0.2, 0) is 4.79 Å². The maximum absolute atomic E-state index is 12.0. The van der Waals surface area contributed by atoms with Crippen LogP contribution >= 0.6 is 0 Å². The minimum Gasteiger partial charge on any atom is -0.394 e. The lowest BCUT2D eigenvalue weighted by molar-refractivity contribution is -0.129. The van der Waals surface area contributed by atoms with Crippen molar-refractivity contribution in [2.45, 2.75) is 51.0 Å². The predicted molar refractivity (Wildman–Crippen MR) is 71.3 cm³/mol. The SMILES string of the molecule is O=C(CC12CC3CC(CC(C3)C1)C2)NCC(O)CO. The van der Waals surface area contributed by atoms with Crippen molar-refractivity contribution in [2.75, 3.05) is 13.2 Å². The van der Waals surface area contributed by atoms with E-state index in [1.54, 1.807) is 0 Å². The largest absolute Gasteiger partial charge is 0.394 e. The Kier molecular flexibility index (Phi) is 3.56. The Morgan fingerprint density at radius 3 is 2.16 bits per heavy atom. The van der Waals surface area contributed by atoms with Crippen molar-refractivity contribution in [1.29, 1.82) is 0 Å². The molecule has 4 rings (SSSR count). The first-order chi connectivity index (χ1) is 9.08. The first kappa shape index (κ1) is 13.4. The Morgan fingerprint density at radius 2 is 1.68 bits per heavy atom. The Hall–Kier alpha value is -0.610. The molecule has 4 heteroatoms. The molecular weight excluding hydrogens is 242 g/mol. The highest BCUT2D eigenvalue weighted by Gasteiger charge is 2.51. The van der Waals surface area contributed by atoms with Gasteiger partial charge in [0.15, 0.2) is 0 Å². The molecule has 1 atom stereocenters. The van der Waals surface area contributed by atoms with E-state index in [1.807, 2.05) is 0 Å². The van der Waals surface area contributed by atoms with Gasteiger partial charge in [0.25, 0.3) is 0 Å². The summed E-state index contributed by atoms with van der Waals surface area (Å²) < 4.78 is 0. The van der Waals surface area contributed by atoms with E-state index in [0.29, 0.717) is 6.42 Å². The number of hydrogen-bond donors (Lipinski definition) is 3. The van der Waals surface area contributed by atoms with E-state index in [4.69, 9.17) is 5.11 Å². The molecule has 4 aliphatic rings. The van der Waals surface area contributed by atoms with Crippen LogP contribution in [0.1, 0.15) is 44.9 Å². The Morgan fingerprint density at radius 1 is 1.16 bits per heavy atom. The molecule has 108 valence electrons. The van der Waals surface area contributed by atoms with Crippen molar-refractivity contribution in [2.24, 2.45) is 23.2 Å². The van der Waals surface area contributed by atoms with Gasteiger partial charge in [0.1, 0.15) is 0 Å². The van der Waals surface area contributed by atoms with Crippen molar-refractivity contribution >= 4 is 5.91 Å². The van der Waals surface area contributed by atoms with Crippen LogP contribution in [0.2, 0.25) is 0 Å². The average molecular weight is 267 g/mol. The van der Waals surface area contributed by atoms with Gasteiger partial charge >= 0.3 is 0 Å². The highest BCUT2D eigenvalue weighted by molar-refractivity contribution is 5.76. The second-order valence-electron chi connectivity index (χ2n) is 7.23. The minimum atomic E-state index is -0.833. The molecular formula is C15H25NO3. The number of nitrogens with one attached hydrogen (secondary N) is 1. The molecule has 19 heavy (non-hydrogen) atoms. The number of amides is 1. The zero-order valence-electron chi connectivity index (χ0n) is 11.5. The predicted octanol–water partition coefficient (Wildman–Crippen LogP) is 1.06. The summed E-state index contributed by atoms with van der Waals surface area (Å²) in [4.78, 5) is 12.0. The number of rotatable bonds is 5. The summed E-state index contributed by atoms with van der Waals surface area (Å²) in [6, 6.07) is 0. The first-order valence-electron chi connectivity index (χ1n) is 7.64. The van der Waals surface area contributed by atoms with E-state index in [1.165, 1.54) is 38.5 Å². The molecule has 4 nitrogen and oxygen atoms in total. The third kappa shape index (κ3) is 2.79. The van der Waals surface area contributed by atoms with E-state index in [9.17, 15) is 9.90 Å². The van der Waals surface area contributed by atoms with Crippen LogP contribution in [0.15, 0.2) is 0 Å². The summed E-state index contributed by atoms with van der Waals surface area (Å²) in [7, 11) is 0. The van der Waals surface area contributed by atoms with Crippen LogP contribution in [0.3, 0.4) is 0 Å². The Balaban J connectivity index is 1.56. The summed E-state index contributed by atoms with van der Waals surface area (Å²) in [5.41, 5.74) is 0.253. The Labute approximate surface area is 114 Å². The monoisotopic (exact) mass is 267 g/mol. The topological polar surface area (TPSA) is 69.6 Å². The maximum atomic E-state index is 12.0. The molecule has 0 aromatic heterocycles. The molecule has 0 aromatic carbocycles. The molecule has 0 radical (unpaired) electrons. The second-order valence-corrected chi connectivity index (χ2v) is 7.23. The fourth-order valence-electron chi connectivity index (χ4n) is 5.21. The molecule has 0 spiro atoms. The number of carbonyl (C=O) groups is 1. The molecule has 1 unspecified atom stereocenters. The maximum Gasteiger partial charge on any atom is 0.220 e. The van der Waals surface area contributed by atoms with E-state index in [0.717, 1.165) is 17.8 Å². The highest BCUT2D eigenvalue weighted by Crippen LogP contribution is 2.61. The summed E-state index contributed by atoms with van der Waals surface area (Å²) in [5.74, 6) is 2.64. The summed E-state index contributed by atoms with van der Waals surface area (Å²) in [6.45, 7) is -0.126. The standard InChI is InChI=1S/C15H25NO3/c17-9-13(18)8-16-14(19)7-15-4-10-1-11(5-15)3-12(2-10)6-15/h10-13,17-18H,1-9H2,(H,16,19).